The van der Waals surface area contributed by atoms with Gasteiger partial charge in [-0.05, 0) is 0 Å². The second-order valence-electron chi connectivity index (χ2n) is 1.86. The smallest absolute Gasteiger partial charge is 0.0938 e. The van der Waals surface area contributed by atoms with E-state index in [1.54, 1.807) is 12.1 Å². The van der Waals surface area contributed by atoms with E-state index in [0.717, 1.165) is 0 Å². The molecular formula is C6H8N2O2. The fraction of sp³-hybridized carbons (Fsp3) is 0.667. The lowest BCUT2D eigenvalue weighted by Crippen LogP contribution is -2.24. The monoisotopic (exact) mass is 140 g/mol. The van der Waals surface area contributed by atoms with Crippen LogP contribution in [0.1, 0.15) is 12.8 Å². The summed E-state index contributed by atoms with van der Waals surface area (Å²) < 4.78 is 0. The van der Waals surface area contributed by atoms with Gasteiger partial charge in [0.05, 0.1) is 37.2 Å². The SMILES string of the molecule is N#CC[C@H](O)[C@@H](O)CC#N. The second-order valence-corrected chi connectivity index (χ2v) is 1.86. The summed E-state index contributed by atoms with van der Waals surface area (Å²) in [5.41, 5.74) is 0. The van der Waals surface area contributed by atoms with E-state index in [9.17, 15) is 0 Å². The Balaban J connectivity index is 3.63. The molecule has 0 saturated heterocycles. The molecule has 2 atom stereocenters. The molecule has 0 aromatic rings. The molecule has 0 aliphatic carbocycles. The van der Waals surface area contributed by atoms with Gasteiger partial charge in [-0.3, -0.25) is 0 Å². The quantitative estimate of drug-likeness (QED) is 0.555. The van der Waals surface area contributed by atoms with Gasteiger partial charge >= 0.3 is 0 Å². The lowest BCUT2D eigenvalue weighted by molar-refractivity contribution is 0.0259. The Bertz CT molecular complexity index is 148. The van der Waals surface area contributed by atoms with Crippen LogP contribution >= 0.6 is 0 Å². The summed E-state index contributed by atoms with van der Waals surface area (Å²) in [4.78, 5) is 0. The molecule has 10 heavy (non-hydrogen) atoms. The maximum Gasteiger partial charge on any atom is 0.0938 e. The van der Waals surface area contributed by atoms with E-state index in [-0.39, 0.29) is 12.8 Å². The molecule has 0 fully saturated rings. The van der Waals surface area contributed by atoms with E-state index >= 15 is 0 Å². The van der Waals surface area contributed by atoms with Crippen molar-refractivity contribution in [2.75, 3.05) is 0 Å². The van der Waals surface area contributed by atoms with Gasteiger partial charge in [0.25, 0.3) is 0 Å². The van der Waals surface area contributed by atoms with Crippen molar-refractivity contribution in [2.24, 2.45) is 0 Å². The highest BCUT2D eigenvalue weighted by molar-refractivity contribution is 4.85. The van der Waals surface area contributed by atoms with E-state index in [1.807, 2.05) is 0 Å². The molecule has 0 aliphatic heterocycles. The lowest BCUT2D eigenvalue weighted by atomic mass is 10.1. The van der Waals surface area contributed by atoms with E-state index in [1.165, 1.54) is 0 Å². The fourth-order valence-corrected chi connectivity index (χ4v) is 0.459. The second kappa shape index (κ2) is 4.75. The lowest BCUT2D eigenvalue weighted by Gasteiger charge is -2.09. The Morgan fingerprint density at radius 1 is 1.00 bits per heavy atom. The normalized spacial score (nSPS) is 14.8. The van der Waals surface area contributed by atoms with Crippen LogP contribution in [0.5, 0.6) is 0 Å². The van der Waals surface area contributed by atoms with Crippen molar-refractivity contribution in [3.05, 3.63) is 0 Å². The van der Waals surface area contributed by atoms with Crippen LogP contribution < -0.4 is 0 Å². The highest BCUT2D eigenvalue weighted by Gasteiger charge is 2.14. The average Bonchev–Trinajstić information content (AvgIpc) is 1.89. The molecule has 0 bridgehead atoms. The molecule has 0 radical (unpaired) electrons. The molecule has 0 unspecified atom stereocenters. The minimum Gasteiger partial charge on any atom is -0.389 e. The molecule has 0 spiro atoms. The van der Waals surface area contributed by atoms with E-state index < -0.39 is 12.2 Å². The van der Waals surface area contributed by atoms with Crippen LogP contribution in [-0.2, 0) is 0 Å². The maximum absolute atomic E-state index is 8.83. The standard InChI is InChI=1S/C6H8N2O2/c7-3-1-5(9)6(10)2-4-8/h5-6,9-10H,1-2H2/t5-,6-/m0/s1. The van der Waals surface area contributed by atoms with Crippen molar-refractivity contribution < 1.29 is 10.2 Å². The summed E-state index contributed by atoms with van der Waals surface area (Å²) in [6.45, 7) is 0. The topological polar surface area (TPSA) is 88.0 Å². The molecule has 54 valence electrons. The van der Waals surface area contributed by atoms with Crippen molar-refractivity contribution in [3.63, 3.8) is 0 Å². The zero-order valence-electron chi connectivity index (χ0n) is 5.36. The number of nitrogens with zero attached hydrogens (tertiary/aromatic N) is 2. The van der Waals surface area contributed by atoms with E-state index in [0.29, 0.717) is 0 Å². The Hall–Kier alpha value is -1.10. The van der Waals surface area contributed by atoms with Gasteiger partial charge < -0.3 is 10.2 Å². The van der Waals surface area contributed by atoms with Crippen molar-refractivity contribution >= 4 is 0 Å². The predicted octanol–water partition coefficient (Wildman–Crippen LogP) is -0.464. The number of aliphatic hydroxyl groups excluding tert-OH is 2. The summed E-state index contributed by atoms with van der Waals surface area (Å²) in [5.74, 6) is 0. The Morgan fingerprint density at radius 3 is 1.50 bits per heavy atom. The number of rotatable bonds is 3. The summed E-state index contributed by atoms with van der Waals surface area (Å²) in [7, 11) is 0. The molecule has 0 aliphatic rings. The fourth-order valence-electron chi connectivity index (χ4n) is 0.459. The van der Waals surface area contributed by atoms with Crippen LogP contribution in [0.15, 0.2) is 0 Å². The minimum absolute atomic E-state index is 0.136. The predicted molar refractivity (Wildman–Crippen MR) is 32.5 cm³/mol. The summed E-state index contributed by atoms with van der Waals surface area (Å²) in [5, 5.41) is 33.7. The van der Waals surface area contributed by atoms with E-state index in [2.05, 4.69) is 0 Å². The number of aliphatic hydroxyl groups is 2. The molecule has 0 amide bonds. The highest BCUT2D eigenvalue weighted by Crippen LogP contribution is 2.00. The van der Waals surface area contributed by atoms with Crippen LogP contribution in [0.2, 0.25) is 0 Å². The van der Waals surface area contributed by atoms with Crippen molar-refractivity contribution in [1.29, 1.82) is 10.5 Å². The van der Waals surface area contributed by atoms with Gasteiger partial charge in [-0.15, -0.1) is 0 Å². The highest BCUT2D eigenvalue weighted by atomic mass is 16.3. The molecule has 0 aromatic heterocycles. The minimum atomic E-state index is -1.09. The van der Waals surface area contributed by atoms with Crippen LogP contribution in [0.25, 0.3) is 0 Å². The average molecular weight is 140 g/mol. The molecular weight excluding hydrogens is 132 g/mol. The first-order valence-corrected chi connectivity index (χ1v) is 2.82. The molecule has 0 rings (SSSR count). The first kappa shape index (κ1) is 8.90. The van der Waals surface area contributed by atoms with Gasteiger partial charge in [0, 0.05) is 0 Å². The number of nitriles is 2. The summed E-state index contributed by atoms with van der Waals surface area (Å²) >= 11 is 0. The molecule has 0 aromatic carbocycles. The zero-order valence-corrected chi connectivity index (χ0v) is 5.36. The van der Waals surface area contributed by atoms with Crippen molar-refractivity contribution in [3.8, 4) is 12.1 Å². The molecule has 0 heterocycles. The zero-order chi connectivity index (χ0) is 7.98. The Kier molecular flexibility index (Phi) is 4.23. The third kappa shape index (κ3) is 3.03. The van der Waals surface area contributed by atoms with Gasteiger partial charge in [0.15, 0.2) is 0 Å². The third-order valence-electron chi connectivity index (χ3n) is 1.05. The number of hydrogen-bond acceptors (Lipinski definition) is 4. The van der Waals surface area contributed by atoms with Gasteiger partial charge in [0.1, 0.15) is 0 Å². The number of hydrogen-bond donors (Lipinski definition) is 2. The van der Waals surface area contributed by atoms with Gasteiger partial charge in [-0.1, -0.05) is 0 Å². The first-order valence-electron chi connectivity index (χ1n) is 2.82. The summed E-state index contributed by atoms with van der Waals surface area (Å²) in [6.07, 6.45) is -2.46. The van der Waals surface area contributed by atoms with Gasteiger partial charge in [-0.25, -0.2) is 0 Å². The Labute approximate surface area is 58.9 Å². The molecule has 4 heteroatoms. The third-order valence-corrected chi connectivity index (χ3v) is 1.05. The molecule has 0 saturated carbocycles. The van der Waals surface area contributed by atoms with Crippen LogP contribution in [0, 0.1) is 22.7 Å². The van der Waals surface area contributed by atoms with Gasteiger partial charge in [-0.2, -0.15) is 10.5 Å². The summed E-state index contributed by atoms with van der Waals surface area (Å²) in [6, 6.07) is 3.37. The van der Waals surface area contributed by atoms with Gasteiger partial charge in [0.2, 0.25) is 0 Å². The van der Waals surface area contributed by atoms with Crippen LogP contribution in [-0.4, -0.2) is 22.4 Å². The van der Waals surface area contributed by atoms with Crippen molar-refractivity contribution in [2.45, 2.75) is 25.0 Å². The van der Waals surface area contributed by atoms with Crippen LogP contribution in [0.3, 0.4) is 0 Å². The first-order chi connectivity index (χ1) is 4.72. The Morgan fingerprint density at radius 2 is 1.30 bits per heavy atom. The largest absolute Gasteiger partial charge is 0.389 e. The molecule has 4 nitrogen and oxygen atoms in total. The maximum atomic E-state index is 8.83. The molecule has 2 N–H and O–H groups in total. The van der Waals surface area contributed by atoms with Crippen LogP contribution in [0.4, 0.5) is 0 Å². The van der Waals surface area contributed by atoms with Crippen molar-refractivity contribution in [1.82, 2.24) is 0 Å². The van der Waals surface area contributed by atoms with E-state index in [4.69, 9.17) is 20.7 Å².